The van der Waals surface area contributed by atoms with Crippen molar-refractivity contribution < 1.29 is 9.53 Å². The van der Waals surface area contributed by atoms with Gasteiger partial charge in [0.15, 0.2) is 0 Å². The van der Waals surface area contributed by atoms with Crippen LogP contribution in [-0.4, -0.2) is 22.8 Å². The summed E-state index contributed by atoms with van der Waals surface area (Å²) in [6.07, 6.45) is 0. The number of ether oxygens (including phenoxy) is 1. The number of aromatic nitrogens is 2. The van der Waals surface area contributed by atoms with Crippen LogP contribution >= 0.6 is 11.6 Å². The summed E-state index contributed by atoms with van der Waals surface area (Å²) in [6, 6.07) is 17.0. The third kappa shape index (κ3) is 4.10. The number of para-hydroxylation sites is 1. The highest BCUT2D eigenvalue weighted by Crippen LogP contribution is 2.27. The van der Waals surface area contributed by atoms with Crippen molar-refractivity contribution in [3.05, 3.63) is 76.0 Å². The first-order valence-corrected chi connectivity index (χ1v) is 8.21. The molecule has 0 radical (unpaired) electrons. The van der Waals surface area contributed by atoms with E-state index < -0.39 is 0 Å². The molecule has 0 fully saturated rings. The quantitative estimate of drug-likeness (QED) is 0.749. The normalized spacial score (nSPS) is 10.4. The Morgan fingerprint density at radius 1 is 1.12 bits per heavy atom. The molecule has 6 nitrogen and oxygen atoms in total. The summed E-state index contributed by atoms with van der Waals surface area (Å²) < 4.78 is 6.44. The molecule has 132 valence electrons. The maximum atomic E-state index is 12.2. The molecule has 26 heavy (non-hydrogen) atoms. The molecular formula is C19H16ClN3O3. The van der Waals surface area contributed by atoms with Crippen LogP contribution in [-0.2, 0) is 11.3 Å². The molecular weight excluding hydrogens is 354 g/mol. The number of hydrogen-bond acceptors (Lipinski definition) is 4. The van der Waals surface area contributed by atoms with E-state index in [2.05, 4.69) is 10.4 Å². The Bertz CT molecular complexity index is 984. The van der Waals surface area contributed by atoms with Crippen LogP contribution in [0.5, 0.6) is 5.75 Å². The number of nitrogens with zero attached hydrogens (tertiary/aromatic N) is 2. The van der Waals surface area contributed by atoms with Crippen molar-refractivity contribution in [2.45, 2.75) is 6.54 Å². The lowest BCUT2D eigenvalue weighted by atomic mass is 10.1. The van der Waals surface area contributed by atoms with E-state index in [0.717, 1.165) is 10.2 Å². The molecule has 0 spiro atoms. The zero-order valence-corrected chi connectivity index (χ0v) is 14.7. The van der Waals surface area contributed by atoms with Gasteiger partial charge >= 0.3 is 0 Å². The zero-order valence-electron chi connectivity index (χ0n) is 14.0. The molecule has 0 aliphatic carbocycles. The highest BCUT2D eigenvalue weighted by Gasteiger charge is 2.11. The highest BCUT2D eigenvalue weighted by atomic mass is 35.5. The summed E-state index contributed by atoms with van der Waals surface area (Å²) in [6.45, 7) is -0.204. The number of amides is 1. The van der Waals surface area contributed by atoms with Crippen molar-refractivity contribution in [3.8, 4) is 17.0 Å². The molecule has 3 rings (SSSR count). The van der Waals surface area contributed by atoms with Gasteiger partial charge in [0.25, 0.3) is 5.56 Å². The van der Waals surface area contributed by atoms with Crippen LogP contribution in [0.3, 0.4) is 0 Å². The molecule has 1 aromatic heterocycles. The molecule has 0 aliphatic rings. The van der Waals surface area contributed by atoms with Crippen LogP contribution < -0.4 is 15.6 Å². The summed E-state index contributed by atoms with van der Waals surface area (Å²) >= 11 is 5.82. The fourth-order valence-corrected chi connectivity index (χ4v) is 2.56. The van der Waals surface area contributed by atoms with E-state index in [0.29, 0.717) is 22.2 Å². The summed E-state index contributed by atoms with van der Waals surface area (Å²) in [5.74, 6) is 0.273. The third-order valence-corrected chi connectivity index (χ3v) is 3.92. The zero-order chi connectivity index (χ0) is 18.5. The fourth-order valence-electron chi connectivity index (χ4n) is 2.43. The summed E-state index contributed by atoms with van der Waals surface area (Å²) in [5.41, 5.74) is 1.51. The number of anilines is 1. The summed E-state index contributed by atoms with van der Waals surface area (Å²) in [7, 11) is 1.56. The van der Waals surface area contributed by atoms with Gasteiger partial charge in [0.2, 0.25) is 5.91 Å². The Morgan fingerprint density at radius 3 is 2.58 bits per heavy atom. The highest BCUT2D eigenvalue weighted by molar-refractivity contribution is 6.30. The van der Waals surface area contributed by atoms with Gasteiger partial charge in [-0.3, -0.25) is 9.59 Å². The molecule has 0 saturated carbocycles. The average Bonchev–Trinajstić information content (AvgIpc) is 2.65. The van der Waals surface area contributed by atoms with E-state index in [1.165, 1.54) is 6.07 Å². The average molecular weight is 370 g/mol. The Morgan fingerprint density at radius 2 is 1.85 bits per heavy atom. The van der Waals surface area contributed by atoms with E-state index in [1.54, 1.807) is 43.5 Å². The van der Waals surface area contributed by atoms with E-state index in [9.17, 15) is 9.59 Å². The second-order valence-electron chi connectivity index (χ2n) is 5.47. The number of methoxy groups -OCH3 is 1. The predicted molar refractivity (Wildman–Crippen MR) is 101 cm³/mol. The lowest BCUT2D eigenvalue weighted by Gasteiger charge is -2.10. The number of nitrogens with one attached hydrogen (secondary N) is 1. The van der Waals surface area contributed by atoms with Gasteiger partial charge in [0.1, 0.15) is 12.3 Å². The predicted octanol–water partition coefficient (Wildman–Crippen LogP) is 3.21. The van der Waals surface area contributed by atoms with E-state index in [4.69, 9.17) is 16.3 Å². The van der Waals surface area contributed by atoms with Crippen molar-refractivity contribution in [1.82, 2.24) is 9.78 Å². The van der Waals surface area contributed by atoms with Crippen molar-refractivity contribution >= 4 is 23.2 Å². The van der Waals surface area contributed by atoms with Gasteiger partial charge in [-0.15, -0.1) is 0 Å². The lowest BCUT2D eigenvalue weighted by Crippen LogP contribution is -2.29. The van der Waals surface area contributed by atoms with Crippen LogP contribution in [0.2, 0.25) is 5.02 Å². The van der Waals surface area contributed by atoms with Gasteiger partial charge in [0.05, 0.1) is 12.8 Å². The van der Waals surface area contributed by atoms with Gasteiger partial charge < -0.3 is 10.1 Å². The third-order valence-electron chi connectivity index (χ3n) is 3.67. The number of benzene rings is 2. The first-order chi connectivity index (χ1) is 12.6. The van der Waals surface area contributed by atoms with Crippen LogP contribution in [0.4, 0.5) is 5.69 Å². The molecule has 1 heterocycles. The maximum absolute atomic E-state index is 12.2. The summed E-state index contributed by atoms with van der Waals surface area (Å²) in [5, 5.41) is 7.57. The number of rotatable bonds is 5. The van der Waals surface area contributed by atoms with E-state index in [-0.39, 0.29) is 18.0 Å². The first-order valence-electron chi connectivity index (χ1n) is 7.84. The Kier molecular flexibility index (Phi) is 5.34. The second-order valence-corrected chi connectivity index (χ2v) is 5.91. The van der Waals surface area contributed by atoms with E-state index in [1.807, 2.05) is 18.2 Å². The topological polar surface area (TPSA) is 73.2 Å². The standard InChI is InChI=1S/C19H16ClN3O3/c1-26-17-5-3-2-4-15(17)16-10-11-19(25)23(22-16)12-18(24)21-14-8-6-13(20)7-9-14/h2-11H,12H2,1H3,(H,21,24). The number of carbonyl (C=O) groups is 1. The molecule has 0 bridgehead atoms. The minimum absolute atomic E-state index is 0.204. The van der Waals surface area contributed by atoms with Crippen molar-refractivity contribution in [2.75, 3.05) is 12.4 Å². The van der Waals surface area contributed by atoms with E-state index >= 15 is 0 Å². The number of halogens is 1. The smallest absolute Gasteiger partial charge is 0.267 e. The van der Waals surface area contributed by atoms with Crippen LogP contribution in [0.15, 0.2) is 65.5 Å². The van der Waals surface area contributed by atoms with Crippen molar-refractivity contribution in [3.63, 3.8) is 0 Å². The number of carbonyl (C=O) groups excluding carboxylic acids is 1. The molecule has 3 aromatic rings. The molecule has 7 heteroatoms. The molecule has 0 saturated heterocycles. The van der Waals surface area contributed by atoms with Crippen LogP contribution in [0.1, 0.15) is 0 Å². The van der Waals surface area contributed by atoms with Crippen LogP contribution in [0.25, 0.3) is 11.3 Å². The van der Waals surface area contributed by atoms with Gasteiger partial charge in [-0.2, -0.15) is 5.10 Å². The van der Waals surface area contributed by atoms with Gasteiger partial charge in [-0.05, 0) is 42.5 Å². The first kappa shape index (κ1) is 17.7. The summed E-state index contributed by atoms with van der Waals surface area (Å²) in [4.78, 5) is 24.3. The largest absolute Gasteiger partial charge is 0.496 e. The SMILES string of the molecule is COc1ccccc1-c1ccc(=O)n(CC(=O)Nc2ccc(Cl)cc2)n1. The lowest BCUT2D eigenvalue weighted by molar-refractivity contribution is -0.117. The second kappa shape index (κ2) is 7.84. The van der Waals surface area contributed by atoms with Gasteiger partial charge in [0, 0.05) is 22.3 Å². The monoisotopic (exact) mass is 369 g/mol. The Hall–Kier alpha value is -3.12. The molecule has 0 aliphatic heterocycles. The Labute approximate surface area is 155 Å². The molecule has 1 amide bonds. The molecule has 0 unspecified atom stereocenters. The molecule has 0 atom stereocenters. The molecule has 2 aromatic carbocycles. The number of hydrogen-bond donors (Lipinski definition) is 1. The van der Waals surface area contributed by atoms with Crippen molar-refractivity contribution in [2.24, 2.45) is 0 Å². The minimum Gasteiger partial charge on any atom is -0.496 e. The van der Waals surface area contributed by atoms with Gasteiger partial charge in [-0.25, -0.2) is 4.68 Å². The minimum atomic E-state index is -0.366. The maximum Gasteiger partial charge on any atom is 0.267 e. The van der Waals surface area contributed by atoms with Crippen LogP contribution in [0, 0.1) is 0 Å². The van der Waals surface area contributed by atoms with Gasteiger partial charge in [-0.1, -0.05) is 23.7 Å². The van der Waals surface area contributed by atoms with Crippen molar-refractivity contribution in [1.29, 1.82) is 0 Å². The fraction of sp³-hybridized carbons (Fsp3) is 0.105. The Balaban J connectivity index is 1.83. The molecule has 1 N–H and O–H groups in total.